The van der Waals surface area contributed by atoms with Crippen molar-refractivity contribution in [2.75, 3.05) is 11.9 Å². The summed E-state index contributed by atoms with van der Waals surface area (Å²) in [5.74, 6) is -0.368. The standard InChI is InChI=1S/C15H15Cl2FN2/c1-9-2-4-11(7-13(9)16)20-15(8-19)12-5-3-10(18)6-14(12)17/h2-7,15,20H,8,19H2,1H3. The molecule has 2 aromatic rings. The van der Waals surface area contributed by atoms with Crippen molar-refractivity contribution in [1.29, 1.82) is 0 Å². The third kappa shape index (κ3) is 3.42. The predicted molar refractivity (Wildman–Crippen MR) is 83.0 cm³/mol. The second-order valence-corrected chi connectivity index (χ2v) is 5.38. The fourth-order valence-corrected chi connectivity index (χ4v) is 2.41. The van der Waals surface area contributed by atoms with Crippen molar-refractivity contribution >= 4 is 28.9 Å². The summed E-state index contributed by atoms with van der Waals surface area (Å²) in [5, 5.41) is 4.29. The minimum Gasteiger partial charge on any atom is -0.377 e. The van der Waals surface area contributed by atoms with E-state index in [1.807, 2.05) is 25.1 Å². The van der Waals surface area contributed by atoms with Gasteiger partial charge >= 0.3 is 0 Å². The fourth-order valence-electron chi connectivity index (χ4n) is 1.93. The van der Waals surface area contributed by atoms with Gasteiger partial charge in [0, 0.05) is 22.3 Å². The van der Waals surface area contributed by atoms with E-state index in [4.69, 9.17) is 28.9 Å². The number of nitrogens with one attached hydrogen (secondary N) is 1. The van der Waals surface area contributed by atoms with Gasteiger partial charge in [0.15, 0.2) is 0 Å². The molecule has 3 N–H and O–H groups in total. The number of benzene rings is 2. The Bertz CT molecular complexity index is 617. The largest absolute Gasteiger partial charge is 0.377 e. The van der Waals surface area contributed by atoms with Crippen molar-refractivity contribution in [3.8, 4) is 0 Å². The molecule has 1 atom stereocenters. The van der Waals surface area contributed by atoms with Gasteiger partial charge in [-0.25, -0.2) is 4.39 Å². The highest BCUT2D eigenvalue weighted by atomic mass is 35.5. The number of halogens is 3. The maximum atomic E-state index is 13.1. The van der Waals surface area contributed by atoms with Gasteiger partial charge < -0.3 is 11.1 Å². The number of rotatable bonds is 4. The van der Waals surface area contributed by atoms with E-state index in [1.54, 1.807) is 6.07 Å². The first-order valence-electron chi connectivity index (χ1n) is 6.19. The van der Waals surface area contributed by atoms with Crippen LogP contribution in [0.5, 0.6) is 0 Å². The molecular weight excluding hydrogens is 298 g/mol. The lowest BCUT2D eigenvalue weighted by Crippen LogP contribution is -2.21. The predicted octanol–water partition coefficient (Wildman–Crippen LogP) is 4.55. The summed E-state index contributed by atoms with van der Waals surface area (Å²) in [6, 6.07) is 9.75. The highest BCUT2D eigenvalue weighted by molar-refractivity contribution is 6.32. The van der Waals surface area contributed by atoms with Crippen molar-refractivity contribution in [2.24, 2.45) is 5.73 Å². The first-order valence-corrected chi connectivity index (χ1v) is 6.94. The molecule has 0 bridgehead atoms. The van der Waals surface area contributed by atoms with Crippen molar-refractivity contribution in [2.45, 2.75) is 13.0 Å². The van der Waals surface area contributed by atoms with E-state index in [0.29, 0.717) is 16.6 Å². The topological polar surface area (TPSA) is 38.0 Å². The summed E-state index contributed by atoms with van der Waals surface area (Å²) in [7, 11) is 0. The molecule has 5 heteroatoms. The Hall–Kier alpha value is -1.29. The van der Waals surface area contributed by atoms with Crippen LogP contribution in [0.4, 0.5) is 10.1 Å². The van der Waals surface area contributed by atoms with Crippen LogP contribution >= 0.6 is 23.2 Å². The number of hydrogen-bond donors (Lipinski definition) is 2. The maximum Gasteiger partial charge on any atom is 0.124 e. The quantitative estimate of drug-likeness (QED) is 0.869. The van der Waals surface area contributed by atoms with Crippen LogP contribution < -0.4 is 11.1 Å². The van der Waals surface area contributed by atoms with Crippen LogP contribution in [0.15, 0.2) is 36.4 Å². The zero-order valence-electron chi connectivity index (χ0n) is 11.0. The highest BCUT2D eigenvalue weighted by Gasteiger charge is 2.14. The molecule has 0 heterocycles. The minimum atomic E-state index is -0.368. The van der Waals surface area contributed by atoms with Crippen LogP contribution in [0.1, 0.15) is 17.2 Å². The average Bonchev–Trinajstić information content (AvgIpc) is 2.41. The van der Waals surface area contributed by atoms with Gasteiger partial charge in [0.1, 0.15) is 5.82 Å². The van der Waals surface area contributed by atoms with Gasteiger partial charge in [0.05, 0.1) is 6.04 Å². The molecule has 106 valence electrons. The molecule has 2 nitrogen and oxygen atoms in total. The molecule has 2 rings (SSSR count). The molecule has 0 amide bonds. The minimum absolute atomic E-state index is 0.207. The van der Waals surface area contributed by atoms with Gasteiger partial charge in [-0.2, -0.15) is 0 Å². The molecule has 0 aliphatic heterocycles. The number of aryl methyl sites for hydroxylation is 1. The summed E-state index contributed by atoms with van der Waals surface area (Å²) < 4.78 is 13.1. The number of nitrogens with two attached hydrogens (primary N) is 1. The smallest absolute Gasteiger partial charge is 0.124 e. The van der Waals surface area contributed by atoms with E-state index in [2.05, 4.69) is 5.32 Å². The molecule has 0 aliphatic carbocycles. The van der Waals surface area contributed by atoms with E-state index in [0.717, 1.165) is 16.8 Å². The van der Waals surface area contributed by atoms with Gasteiger partial charge in [-0.05, 0) is 42.3 Å². The zero-order valence-corrected chi connectivity index (χ0v) is 12.5. The van der Waals surface area contributed by atoms with Crippen molar-refractivity contribution in [1.82, 2.24) is 0 Å². The van der Waals surface area contributed by atoms with Crippen LogP contribution in [0, 0.1) is 12.7 Å². The molecule has 20 heavy (non-hydrogen) atoms. The van der Waals surface area contributed by atoms with Gasteiger partial charge in [-0.1, -0.05) is 35.3 Å². The molecule has 2 aromatic carbocycles. The second kappa shape index (κ2) is 6.44. The highest BCUT2D eigenvalue weighted by Crippen LogP contribution is 2.28. The van der Waals surface area contributed by atoms with Gasteiger partial charge in [0.2, 0.25) is 0 Å². The Morgan fingerprint density at radius 3 is 2.50 bits per heavy atom. The zero-order chi connectivity index (χ0) is 14.7. The second-order valence-electron chi connectivity index (χ2n) is 4.56. The van der Waals surface area contributed by atoms with Gasteiger partial charge in [-0.15, -0.1) is 0 Å². The first-order chi connectivity index (χ1) is 9.51. The average molecular weight is 313 g/mol. The molecule has 0 aliphatic rings. The lowest BCUT2D eigenvalue weighted by atomic mass is 10.1. The van der Waals surface area contributed by atoms with Crippen LogP contribution in [0.3, 0.4) is 0 Å². The summed E-state index contributed by atoms with van der Waals surface area (Å²) in [5.41, 5.74) is 8.38. The fraction of sp³-hybridized carbons (Fsp3) is 0.200. The maximum absolute atomic E-state index is 13.1. The van der Waals surface area contributed by atoms with Gasteiger partial charge in [0.25, 0.3) is 0 Å². The molecule has 1 unspecified atom stereocenters. The SMILES string of the molecule is Cc1ccc(NC(CN)c2ccc(F)cc2Cl)cc1Cl. The van der Waals surface area contributed by atoms with Crippen molar-refractivity contribution in [3.05, 3.63) is 63.4 Å². The Morgan fingerprint density at radius 2 is 1.90 bits per heavy atom. The first kappa shape index (κ1) is 15.1. The summed E-state index contributed by atoms with van der Waals surface area (Å²) >= 11 is 12.2. The molecule has 0 saturated carbocycles. The normalized spacial score (nSPS) is 12.2. The van der Waals surface area contributed by atoms with E-state index < -0.39 is 0 Å². The summed E-state index contributed by atoms with van der Waals surface area (Å²) in [4.78, 5) is 0. The number of hydrogen-bond acceptors (Lipinski definition) is 2. The van der Waals surface area contributed by atoms with Crippen molar-refractivity contribution < 1.29 is 4.39 Å². The van der Waals surface area contributed by atoms with Gasteiger partial charge in [-0.3, -0.25) is 0 Å². The van der Waals surface area contributed by atoms with Crippen LogP contribution in [-0.4, -0.2) is 6.54 Å². The molecule has 0 fully saturated rings. The molecule has 0 aromatic heterocycles. The molecule has 0 spiro atoms. The van der Waals surface area contributed by atoms with E-state index in [-0.39, 0.29) is 11.9 Å². The summed E-state index contributed by atoms with van der Waals surface area (Å²) in [6.45, 7) is 2.26. The Morgan fingerprint density at radius 1 is 1.15 bits per heavy atom. The Labute approximate surface area is 127 Å². The molecular formula is C15H15Cl2FN2. The number of anilines is 1. The lowest BCUT2D eigenvalue weighted by molar-refractivity contribution is 0.626. The lowest BCUT2D eigenvalue weighted by Gasteiger charge is -2.20. The Balaban J connectivity index is 2.26. The van der Waals surface area contributed by atoms with E-state index >= 15 is 0 Å². The third-order valence-electron chi connectivity index (χ3n) is 3.09. The third-order valence-corrected chi connectivity index (χ3v) is 3.82. The van der Waals surface area contributed by atoms with Crippen LogP contribution in [0.25, 0.3) is 0 Å². The van der Waals surface area contributed by atoms with E-state index in [9.17, 15) is 4.39 Å². The van der Waals surface area contributed by atoms with E-state index in [1.165, 1.54) is 12.1 Å². The monoisotopic (exact) mass is 312 g/mol. The Kier molecular flexibility index (Phi) is 4.86. The van der Waals surface area contributed by atoms with Crippen molar-refractivity contribution in [3.63, 3.8) is 0 Å². The van der Waals surface area contributed by atoms with Crippen LogP contribution in [-0.2, 0) is 0 Å². The summed E-state index contributed by atoms with van der Waals surface area (Å²) in [6.07, 6.45) is 0. The molecule has 0 radical (unpaired) electrons. The van der Waals surface area contributed by atoms with Crippen LogP contribution in [0.2, 0.25) is 10.0 Å². The molecule has 0 saturated heterocycles.